The third kappa shape index (κ3) is 2.89. The number of aromatic carboxylic acids is 1. The number of carboxylic acid groups (broad SMARTS) is 1. The first-order valence-electron chi connectivity index (χ1n) is 5.31. The Bertz CT molecular complexity index is 656. The maximum atomic E-state index is 11.8. The van der Waals surface area contributed by atoms with Gasteiger partial charge in [0.2, 0.25) is 0 Å². The molecule has 0 unspecified atom stereocenters. The number of aromatic nitrogens is 1. The average molecular weight is 278 g/mol. The second-order valence-corrected chi connectivity index (χ2v) is 4.87. The van der Waals surface area contributed by atoms with Crippen molar-refractivity contribution in [3.8, 4) is 0 Å². The first-order valence-corrected chi connectivity index (χ1v) is 6.13. The van der Waals surface area contributed by atoms with Crippen molar-refractivity contribution in [2.24, 2.45) is 0 Å². The molecule has 1 amide bonds. The van der Waals surface area contributed by atoms with E-state index in [4.69, 9.17) is 5.11 Å². The van der Waals surface area contributed by atoms with Gasteiger partial charge in [-0.2, -0.15) is 0 Å². The van der Waals surface area contributed by atoms with Crippen molar-refractivity contribution in [1.29, 1.82) is 0 Å². The molecule has 0 atom stereocenters. The first-order chi connectivity index (χ1) is 8.97. The van der Waals surface area contributed by atoms with E-state index in [1.807, 2.05) is 0 Å². The van der Waals surface area contributed by atoms with Crippen LogP contribution in [0.15, 0.2) is 24.4 Å². The molecule has 2 aromatic heterocycles. The number of nitrogens with one attached hydrogen (secondary N) is 2. The molecule has 0 aromatic carbocycles. The summed E-state index contributed by atoms with van der Waals surface area (Å²) in [7, 11) is 0. The fourth-order valence-corrected chi connectivity index (χ4v) is 2.17. The van der Waals surface area contributed by atoms with Gasteiger partial charge in [0.25, 0.3) is 5.91 Å². The fraction of sp³-hybridized carbons (Fsp3) is 0.0833. The quantitative estimate of drug-likeness (QED) is 0.747. The summed E-state index contributed by atoms with van der Waals surface area (Å²) in [4.78, 5) is 36.5. The van der Waals surface area contributed by atoms with Crippen LogP contribution in [-0.2, 0) is 0 Å². The monoisotopic (exact) mass is 278 g/mol. The SMILES string of the molecule is CC(=O)c1c[nH]c(C(=O)Nc2ccc(C(=O)O)s2)c1. The second kappa shape index (κ2) is 5.07. The molecule has 2 rings (SSSR count). The van der Waals surface area contributed by atoms with Crippen molar-refractivity contribution < 1.29 is 19.5 Å². The third-order valence-electron chi connectivity index (χ3n) is 2.39. The fourth-order valence-electron chi connectivity index (χ4n) is 1.43. The molecule has 0 bridgehead atoms. The lowest BCUT2D eigenvalue weighted by Crippen LogP contribution is -2.11. The van der Waals surface area contributed by atoms with Crippen LogP contribution in [0.3, 0.4) is 0 Å². The molecule has 6 nitrogen and oxygen atoms in total. The standard InChI is InChI=1S/C12H10N2O4S/c1-6(15)7-4-8(13-5-7)11(16)14-10-3-2-9(19-10)12(17)18/h2-5,13H,1H3,(H,14,16)(H,17,18). The van der Waals surface area contributed by atoms with Gasteiger partial charge in [0, 0.05) is 11.8 Å². The van der Waals surface area contributed by atoms with Gasteiger partial charge in [0.05, 0.1) is 5.00 Å². The van der Waals surface area contributed by atoms with Gasteiger partial charge in [0.15, 0.2) is 5.78 Å². The molecule has 0 aliphatic heterocycles. The summed E-state index contributed by atoms with van der Waals surface area (Å²) in [5.74, 6) is -1.60. The number of carboxylic acids is 1. The lowest BCUT2D eigenvalue weighted by atomic mass is 10.2. The molecule has 7 heteroatoms. The summed E-state index contributed by atoms with van der Waals surface area (Å²) in [6, 6.07) is 4.38. The molecule has 2 aromatic rings. The number of aromatic amines is 1. The Balaban J connectivity index is 2.11. The summed E-state index contributed by atoms with van der Waals surface area (Å²) >= 11 is 0.965. The van der Waals surface area contributed by atoms with E-state index in [2.05, 4.69) is 10.3 Å². The van der Waals surface area contributed by atoms with Crippen molar-refractivity contribution in [1.82, 2.24) is 4.98 Å². The Morgan fingerprint density at radius 2 is 2.05 bits per heavy atom. The highest BCUT2D eigenvalue weighted by Gasteiger charge is 2.13. The number of ketones is 1. The zero-order valence-corrected chi connectivity index (χ0v) is 10.7. The van der Waals surface area contributed by atoms with E-state index in [-0.39, 0.29) is 16.4 Å². The number of rotatable bonds is 4. The lowest BCUT2D eigenvalue weighted by molar-refractivity contribution is 0.0701. The van der Waals surface area contributed by atoms with Crippen LogP contribution in [0.5, 0.6) is 0 Å². The van der Waals surface area contributed by atoms with Gasteiger partial charge in [-0.3, -0.25) is 9.59 Å². The maximum absolute atomic E-state index is 11.8. The van der Waals surface area contributed by atoms with E-state index in [9.17, 15) is 14.4 Å². The highest BCUT2D eigenvalue weighted by molar-refractivity contribution is 7.18. The molecule has 0 spiro atoms. The molecule has 0 saturated carbocycles. The van der Waals surface area contributed by atoms with E-state index >= 15 is 0 Å². The van der Waals surface area contributed by atoms with Gasteiger partial charge in [-0.15, -0.1) is 11.3 Å². The number of H-pyrrole nitrogens is 1. The number of hydrogen-bond acceptors (Lipinski definition) is 4. The van der Waals surface area contributed by atoms with Crippen LogP contribution in [0.2, 0.25) is 0 Å². The lowest BCUT2D eigenvalue weighted by Gasteiger charge is -1.98. The minimum absolute atomic E-state index is 0.139. The third-order valence-corrected chi connectivity index (χ3v) is 3.38. The summed E-state index contributed by atoms with van der Waals surface area (Å²) in [5, 5.41) is 11.8. The minimum Gasteiger partial charge on any atom is -0.477 e. The minimum atomic E-state index is -1.04. The topological polar surface area (TPSA) is 99.3 Å². The van der Waals surface area contributed by atoms with Crippen LogP contribution in [0.25, 0.3) is 0 Å². The Kier molecular flexibility index (Phi) is 3.48. The number of carbonyl (C=O) groups is 3. The highest BCUT2D eigenvalue weighted by atomic mass is 32.1. The van der Waals surface area contributed by atoms with Gasteiger partial charge in [0.1, 0.15) is 10.6 Å². The zero-order chi connectivity index (χ0) is 14.0. The second-order valence-electron chi connectivity index (χ2n) is 3.78. The largest absolute Gasteiger partial charge is 0.477 e. The molecule has 3 N–H and O–H groups in total. The number of carbonyl (C=O) groups excluding carboxylic acids is 2. The summed E-state index contributed by atoms with van der Waals surface area (Å²) in [6.45, 7) is 1.41. The molecule has 0 fully saturated rings. The maximum Gasteiger partial charge on any atom is 0.345 e. The van der Waals surface area contributed by atoms with Crippen LogP contribution in [0.4, 0.5) is 5.00 Å². The van der Waals surface area contributed by atoms with Gasteiger partial charge >= 0.3 is 5.97 Å². The van der Waals surface area contributed by atoms with Crippen LogP contribution in [-0.4, -0.2) is 27.8 Å². The average Bonchev–Trinajstić information content (AvgIpc) is 2.96. The van der Waals surface area contributed by atoms with Crippen LogP contribution < -0.4 is 5.32 Å². The van der Waals surface area contributed by atoms with Gasteiger partial charge in [-0.05, 0) is 25.1 Å². The first kappa shape index (κ1) is 13.0. The van der Waals surface area contributed by atoms with Crippen LogP contribution >= 0.6 is 11.3 Å². The van der Waals surface area contributed by atoms with Crippen LogP contribution in [0.1, 0.15) is 37.4 Å². The van der Waals surface area contributed by atoms with Crippen molar-refractivity contribution >= 4 is 34.0 Å². The molecule has 98 valence electrons. The predicted octanol–water partition coefficient (Wildman–Crippen LogP) is 2.23. The number of thiophene rings is 1. The molecule has 19 heavy (non-hydrogen) atoms. The van der Waals surface area contributed by atoms with E-state index in [0.29, 0.717) is 10.6 Å². The Morgan fingerprint density at radius 3 is 2.58 bits per heavy atom. The van der Waals surface area contributed by atoms with Crippen molar-refractivity contribution in [2.75, 3.05) is 5.32 Å². The van der Waals surface area contributed by atoms with E-state index in [1.54, 1.807) is 0 Å². The molecule has 0 radical (unpaired) electrons. The molecule has 0 aliphatic carbocycles. The Labute approximate surface area is 112 Å². The molecule has 2 heterocycles. The molecule has 0 aliphatic rings. The number of amides is 1. The Hall–Kier alpha value is -2.41. The van der Waals surface area contributed by atoms with Gasteiger partial charge in [-0.25, -0.2) is 4.79 Å². The summed E-state index contributed by atoms with van der Waals surface area (Å²) in [6.07, 6.45) is 1.45. The number of hydrogen-bond donors (Lipinski definition) is 3. The van der Waals surface area contributed by atoms with E-state index in [1.165, 1.54) is 31.3 Å². The Morgan fingerprint density at radius 1 is 1.32 bits per heavy atom. The zero-order valence-electron chi connectivity index (χ0n) is 9.89. The van der Waals surface area contributed by atoms with E-state index in [0.717, 1.165) is 11.3 Å². The summed E-state index contributed by atoms with van der Waals surface area (Å²) in [5.41, 5.74) is 0.665. The molecule has 0 saturated heterocycles. The van der Waals surface area contributed by atoms with Crippen molar-refractivity contribution in [2.45, 2.75) is 6.92 Å². The van der Waals surface area contributed by atoms with Gasteiger partial charge < -0.3 is 15.4 Å². The van der Waals surface area contributed by atoms with E-state index < -0.39 is 11.9 Å². The predicted molar refractivity (Wildman–Crippen MR) is 70.0 cm³/mol. The highest BCUT2D eigenvalue weighted by Crippen LogP contribution is 2.22. The van der Waals surface area contributed by atoms with Crippen LogP contribution in [0, 0.1) is 0 Å². The van der Waals surface area contributed by atoms with Crippen molar-refractivity contribution in [3.63, 3.8) is 0 Å². The van der Waals surface area contributed by atoms with Crippen molar-refractivity contribution in [3.05, 3.63) is 40.5 Å². The summed E-state index contributed by atoms with van der Waals surface area (Å²) < 4.78 is 0. The molecular formula is C12H10N2O4S. The smallest absolute Gasteiger partial charge is 0.345 e. The number of anilines is 1. The number of Topliss-reactive ketones (excluding diaryl/α,β-unsaturated/α-hetero) is 1. The normalized spacial score (nSPS) is 10.2. The van der Waals surface area contributed by atoms with Gasteiger partial charge in [-0.1, -0.05) is 0 Å². The molecular weight excluding hydrogens is 268 g/mol.